The fourth-order valence-electron chi connectivity index (χ4n) is 9.00. The van der Waals surface area contributed by atoms with Crippen molar-refractivity contribution in [1.29, 1.82) is 0 Å². The second kappa shape index (κ2) is 9.80. The summed E-state index contributed by atoms with van der Waals surface area (Å²) in [6.07, 6.45) is 33.9. The molecule has 2 atom stereocenters. The van der Waals surface area contributed by atoms with E-state index in [0.717, 1.165) is 25.7 Å². The molecule has 44 heavy (non-hydrogen) atoms. The molecule has 218 valence electrons. The van der Waals surface area contributed by atoms with E-state index in [4.69, 9.17) is 0 Å². The van der Waals surface area contributed by atoms with Crippen LogP contribution in [-0.2, 0) is 6.42 Å². The summed E-state index contributed by atoms with van der Waals surface area (Å²) in [6, 6.07) is 12.2. The Kier molecular flexibility index (Phi) is 5.90. The topological polar surface area (TPSA) is 0 Å². The number of hydrogen-bond donors (Lipinski definition) is 0. The first kappa shape index (κ1) is 26.5. The van der Waals surface area contributed by atoms with Crippen LogP contribution < -0.4 is 0 Å². The van der Waals surface area contributed by atoms with Crippen LogP contribution in [-0.4, -0.2) is 0 Å². The van der Waals surface area contributed by atoms with E-state index in [1.54, 1.807) is 33.4 Å². The Labute approximate surface area is 263 Å². The van der Waals surface area contributed by atoms with E-state index >= 15 is 0 Å². The van der Waals surface area contributed by atoms with Gasteiger partial charge in [0.25, 0.3) is 0 Å². The highest BCUT2D eigenvalue weighted by Gasteiger charge is 2.36. The molecule has 9 rings (SSSR count). The van der Waals surface area contributed by atoms with Gasteiger partial charge in [0.15, 0.2) is 0 Å². The second-order valence-corrected chi connectivity index (χ2v) is 15.0. The van der Waals surface area contributed by atoms with E-state index in [2.05, 4.69) is 112 Å². The SMILES string of the molecule is CC(C)(C)C1=CC2C=Cc3ccc(C4=CC5=C(C=C(c6ccc7c(c6)CCC6=C7CCC=C6)CC5)CC4)c4c3C2C(=C1)C=C4. The summed E-state index contributed by atoms with van der Waals surface area (Å²) in [5, 5.41) is 0. The molecule has 0 heteroatoms. The Bertz CT molecular complexity index is 1920. The van der Waals surface area contributed by atoms with E-state index in [0.29, 0.717) is 11.8 Å². The van der Waals surface area contributed by atoms with Gasteiger partial charge in [0.05, 0.1) is 0 Å². The molecule has 0 aromatic heterocycles. The highest BCUT2D eigenvalue weighted by Crippen LogP contribution is 2.52. The van der Waals surface area contributed by atoms with E-state index in [1.807, 2.05) is 0 Å². The molecule has 2 aromatic rings. The van der Waals surface area contributed by atoms with Crippen LogP contribution in [0.5, 0.6) is 0 Å². The molecule has 0 saturated heterocycles. The van der Waals surface area contributed by atoms with Crippen LogP contribution in [0.2, 0.25) is 0 Å². The van der Waals surface area contributed by atoms with Crippen LogP contribution in [0.1, 0.15) is 111 Å². The lowest BCUT2D eigenvalue weighted by molar-refractivity contribution is 0.499. The number of allylic oxidation sites excluding steroid dienone is 16. The van der Waals surface area contributed by atoms with Crippen molar-refractivity contribution in [1.82, 2.24) is 0 Å². The molecule has 2 aromatic carbocycles. The third-order valence-electron chi connectivity index (χ3n) is 11.4. The Morgan fingerprint density at radius 1 is 0.682 bits per heavy atom. The van der Waals surface area contributed by atoms with Gasteiger partial charge in [-0.3, -0.25) is 0 Å². The average Bonchev–Trinajstić information content (AvgIpc) is 3.05. The Balaban J connectivity index is 1.04. The van der Waals surface area contributed by atoms with Crippen LogP contribution in [0, 0.1) is 11.3 Å². The average molecular weight is 571 g/mol. The van der Waals surface area contributed by atoms with Crippen molar-refractivity contribution in [3.05, 3.63) is 146 Å². The minimum Gasteiger partial charge on any atom is -0.0839 e. The summed E-state index contributed by atoms with van der Waals surface area (Å²) in [7, 11) is 0. The minimum atomic E-state index is 0.170. The van der Waals surface area contributed by atoms with Gasteiger partial charge in [-0.1, -0.05) is 112 Å². The summed E-state index contributed by atoms with van der Waals surface area (Å²) < 4.78 is 0. The first-order valence-corrected chi connectivity index (χ1v) is 17.0. The third kappa shape index (κ3) is 4.17. The predicted octanol–water partition coefficient (Wildman–Crippen LogP) is 11.8. The Morgan fingerprint density at radius 2 is 1.48 bits per heavy atom. The molecule has 0 amide bonds. The van der Waals surface area contributed by atoms with Gasteiger partial charge in [-0.25, -0.2) is 0 Å². The molecular formula is C44H42. The number of fused-ring (bicyclic) bond motifs is 2. The van der Waals surface area contributed by atoms with E-state index < -0.39 is 0 Å². The number of hydrogen-bond acceptors (Lipinski definition) is 0. The lowest BCUT2D eigenvalue weighted by Crippen LogP contribution is -2.24. The lowest BCUT2D eigenvalue weighted by atomic mass is 9.65. The summed E-state index contributed by atoms with van der Waals surface area (Å²) >= 11 is 0. The van der Waals surface area contributed by atoms with Gasteiger partial charge in [0, 0.05) is 11.8 Å². The van der Waals surface area contributed by atoms with Crippen molar-refractivity contribution >= 4 is 28.9 Å². The van der Waals surface area contributed by atoms with Gasteiger partial charge in [-0.05, 0) is 140 Å². The molecule has 0 spiro atoms. The highest BCUT2D eigenvalue weighted by atomic mass is 14.4. The maximum atomic E-state index is 2.57. The molecule has 2 unspecified atom stereocenters. The summed E-state index contributed by atoms with van der Waals surface area (Å²) in [4.78, 5) is 0. The van der Waals surface area contributed by atoms with Gasteiger partial charge in [0.1, 0.15) is 0 Å². The molecule has 7 aliphatic rings. The Hall–Kier alpha value is -3.90. The molecule has 7 aliphatic carbocycles. The fourth-order valence-corrected chi connectivity index (χ4v) is 9.00. The number of aryl methyl sites for hydroxylation is 1. The predicted molar refractivity (Wildman–Crippen MR) is 188 cm³/mol. The number of benzene rings is 2. The van der Waals surface area contributed by atoms with Gasteiger partial charge >= 0.3 is 0 Å². The zero-order valence-electron chi connectivity index (χ0n) is 26.5. The minimum absolute atomic E-state index is 0.170. The molecule has 0 aliphatic heterocycles. The van der Waals surface area contributed by atoms with Crippen molar-refractivity contribution in [3.63, 3.8) is 0 Å². The van der Waals surface area contributed by atoms with Crippen LogP contribution in [0.4, 0.5) is 0 Å². The van der Waals surface area contributed by atoms with Crippen molar-refractivity contribution in [3.8, 4) is 0 Å². The smallest absolute Gasteiger partial charge is 0.0199 e. The molecular weight excluding hydrogens is 528 g/mol. The maximum absolute atomic E-state index is 2.57. The quantitative estimate of drug-likeness (QED) is 0.337. The van der Waals surface area contributed by atoms with Gasteiger partial charge < -0.3 is 0 Å². The summed E-state index contributed by atoms with van der Waals surface area (Å²) in [6.45, 7) is 7.01. The van der Waals surface area contributed by atoms with E-state index in [1.165, 1.54) is 75.8 Å². The van der Waals surface area contributed by atoms with Crippen LogP contribution in [0.25, 0.3) is 28.9 Å². The molecule has 0 heterocycles. The first-order valence-electron chi connectivity index (χ1n) is 17.0. The van der Waals surface area contributed by atoms with Crippen molar-refractivity contribution in [2.75, 3.05) is 0 Å². The van der Waals surface area contributed by atoms with Gasteiger partial charge in [-0.2, -0.15) is 0 Å². The second-order valence-electron chi connectivity index (χ2n) is 15.0. The van der Waals surface area contributed by atoms with Crippen LogP contribution >= 0.6 is 0 Å². The Morgan fingerprint density at radius 3 is 2.34 bits per heavy atom. The third-order valence-corrected chi connectivity index (χ3v) is 11.4. The number of rotatable bonds is 2. The molecule has 0 N–H and O–H groups in total. The van der Waals surface area contributed by atoms with Crippen molar-refractivity contribution < 1.29 is 0 Å². The molecule has 0 saturated carbocycles. The van der Waals surface area contributed by atoms with Crippen molar-refractivity contribution in [2.45, 2.75) is 78.1 Å². The van der Waals surface area contributed by atoms with Gasteiger partial charge in [-0.15, -0.1) is 0 Å². The highest BCUT2D eigenvalue weighted by molar-refractivity contribution is 5.86. The monoisotopic (exact) mass is 570 g/mol. The maximum Gasteiger partial charge on any atom is 0.0199 e. The molecule has 0 bridgehead atoms. The fraction of sp³-hybridized carbons (Fsp3) is 0.318. The first-order chi connectivity index (χ1) is 21.4. The van der Waals surface area contributed by atoms with Crippen LogP contribution in [0.3, 0.4) is 0 Å². The summed E-state index contributed by atoms with van der Waals surface area (Å²) in [5.41, 5.74) is 22.9. The van der Waals surface area contributed by atoms with E-state index in [-0.39, 0.29) is 5.41 Å². The molecule has 0 radical (unpaired) electrons. The normalized spacial score (nSPS) is 24.5. The summed E-state index contributed by atoms with van der Waals surface area (Å²) in [5.74, 6) is 0.906. The standard InChI is InChI=1S/C44H42/c1-44(2,3)37-25-35-15-9-28-16-19-40(41-21-18-36(26-37)42(35)43(28)41)34-14-12-30-22-29(10-11-31(30)23-34)32-17-20-39-33(24-32)13-8-27-6-4-5-7-38(27)39/h4,6,9,15-26,35,42H,5,7-8,10-14H2,1-3H3. The lowest BCUT2D eigenvalue weighted by Gasteiger charge is -2.39. The zero-order valence-corrected chi connectivity index (χ0v) is 26.5. The zero-order chi connectivity index (χ0) is 29.6. The molecule has 0 fully saturated rings. The van der Waals surface area contributed by atoms with Crippen LogP contribution in [0.15, 0.2) is 107 Å². The van der Waals surface area contributed by atoms with Crippen molar-refractivity contribution in [2.24, 2.45) is 11.3 Å². The molecule has 0 nitrogen and oxygen atoms in total. The largest absolute Gasteiger partial charge is 0.0839 e. The van der Waals surface area contributed by atoms with Gasteiger partial charge in [0.2, 0.25) is 0 Å². The van der Waals surface area contributed by atoms with E-state index in [9.17, 15) is 0 Å².